The van der Waals surface area contributed by atoms with Crippen LogP contribution in [0.5, 0.6) is 0 Å². The SMILES string of the molecule is C=CCl.C=COC(=O)/C=C\C(=O)O. The highest BCUT2D eigenvalue weighted by atomic mass is 35.5. The molecule has 0 fully saturated rings. The molecule has 0 bridgehead atoms. The fourth-order valence-corrected chi connectivity index (χ4v) is 0.261. The summed E-state index contributed by atoms with van der Waals surface area (Å²) < 4.78 is 4.17. The number of aliphatic carboxylic acids is 1. The molecule has 0 spiro atoms. The predicted octanol–water partition coefficient (Wildman–Crippen LogP) is 1.68. The van der Waals surface area contributed by atoms with Crippen molar-refractivity contribution < 1.29 is 19.4 Å². The van der Waals surface area contributed by atoms with Crippen LogP contribution in [0.25, 0.3) is 0 Å². The number of esters is 1. The summed E-state index contributed by atoms with van der Waals surface area (Å²) in [5, 5.41) is 8.01. The number of hydrogen-bond donors (Lipinski definition) is 1. The molecule has 0 aromatic rings. The summed E-state index contributed by atoms with van der Waals surface area (Å²) in [7, 11) is 0. The maximum Gasteiger partial charge on any atom is 0.335 e. The van der Waals surface area contributed by atoms with Gasteiger partial charge in [0.05, 0.1) is 6.26 Å². The average molecular weight is 205 g/mol. The Morgan fingerprint density at radius 3 is 2.08 bits per heavy atom. The number of halogens is 1. The van der Waals surface area contributed by atoms with Crippen molar-refractivity contribution in [1.29, 1.82) is 0 Å². The summed E-state index contributed by atoms with van der Waals surface area (Å²) in [5.74, 6) is -1.95. The first-order valence-electron chi connectivity index (χ1n) is 3.02. The molecule has 0 aromatic heterocycles. The summed E-state index contributed by atoms with van der Waals surface area (Å²) >= 11 is 4.76. The third-order valence-corrected chi connectivity index (χ3v) is 0.561. The molecule has 13 heavy (non-hydrogen) atoms. The predicted molar refractivity (Wildman–Crippen MR) is 49.1 cm³/mol. The lowest BCUT2D eigenvalue weighted by Gasteiger charge is -1.87. The molecule has 0 aliphatic carbocycles. The van der Waals surface area contributed by atoms with Crippen molar-refractivity contribution in [3.63, 3.8) is 0 Å². The van der Waals surface area contributed by atoms with Crippen LogP contribution in [0.2, 0.25) is 0 Å². The van der Waals surface area contributed by atoms with E-state index in [9.17, 15) is 9.59 Å². The number of carboxylic acid groups (broad SMARTS) is 1. The lowest BCUT2D eigenvalue weighted by atomic mass is 10.5. The van der Waals surface area contributed by atoms with Gasteiger partial charge in [-0.2, -0.15) is 0 Å². The van der Waals surface area contributed by atoms with Crippen LogP contribution >= 0.6 is 11.6 Å². The molecule has 0 atom stereocenters. The highest BCUT2D eigenvalue weighted by molar-refractivity contribution is 6.25. The number of rotatable bonds is 3. The number of carboxylic acids is 1. The topological polar surface area (TPSA) is 63.6 Å². The van der Waals surface area contributed by atoms with Crippen molar-refractivity contribution >= 4 is 23.5 Å². The molecule has 0 saturated carbocycles. The Morgan fingerprint density at radius 1 is 1.31 bits per heavy atom. The van der Waals surface area contributed by atoms with Crippen molar-refractivity contribution in [2.45, 2.75) is 0 Å². The van der Waals surface area contributed by atoms with E-state index in [1.807, 2.05) is 0 Å². The van der Waals surface area contributed by atoms with E-state index in [-0.39, 0.29) is 0 Å². The molecule has 0 aromatic carbocycles. The molecule has 1 N–H and O–H groups in total. The van der Waals surface area contributed by atoms with Gasteiger partial charge in [-0.15, -0.1) is 0 Å². The standard InChI is InChI=1S/C6H6O4.C2H3Cl/c1-2-10-6(9)4-3-5(7)8;1-2-3/h2-4H,1H2,(H,7,8);2H,1H2/b4-3-;. The molecule has 0 aliphatic rings. The van der Waals surface area contributed by atoms with Crippen LogP contribution in [0, 0.1) is 0 Å². The first-order chi connectivity index (χ1) is 6.08. The Kier molecular flexibility index (Phi) is 11.3. The summed E-state index contributed by atoms with van der Waals surface area (Å²) in [6, 6.07) is 0. The van der Waals surface area contributed by atoms with E-state index in [0.29, 0.717) is 6.08 Å². The third-order valence-electron chi connectivity index (χ3n) is 0.561. The molecule has 0 aliphatic heterocycles. The molecule has 0 rings (SSSR count). The maximum absolute atomic E-state index is 10.3. The van der Waals surface area contributed by atoms with Gasteiger partial charge in [-0.05, 0) is 5.54 Å². The van der Waals surface area contributed by atoms with Crippen LogP contribution in [0.15, 0.2) is 37.1 Å². The average Bonchev–Trinajstić information content (AvgIpc) is 2.03. The Bertz CT molecular complexity index is 220. The van der Waals surface area contributed by atoms with Crippen LogP contribution in [0.4, 0.5) is 0 Å². The van der Waals surface area contributed by atoms with Crippen molar-refractivity contribution in [3.8, 4) is 0 Å². The molecule has 72 valence electrons. The fraction of sp³-hybridized carbons (Fsp3) is 0. The first kappa shape index (κ1) is 14.0. The second-order valence-corrected chi connectivity index (χ2v) is 1.74. The van der Waals surface area contributed by atoms with Crippen molar-refractivity contribution in [2.24, 2.45) is 0 Å². The van der Waals surface area contributed by atoms with Gasteiger partial charge in [0, 0.05) is 12.2 Å². The fourth-order valence-electron chi connectivity index (χ4n) is 0.261. The zero-order valence-electron chi connectivity index (χ0n) is 6.77. The van der Waals surface area contributed by atoms with Gasteiger partial charge in [0.25, 0.3) is 0 Å². The summed E-state index contributed by atoms with van der Waals surface area (Å²) in [4.78, 5) is 20.1. The van der Waals surface area contributed by atoms with Gasteiger partial charge in [-0.25, -0.2) is 9.59 Å². The van der Waals surface area contributed by atoms with Gasteiger partial charge < -0.3 is 9.84 Å². The Labute approximate surface area is 80.8 Å². The molecular weight excluding hydrogens is 196 g/mol. The molecule has 0 saturated heterocycles. The van der Waals surface area contributed by atoms with Crippen molar-refractivity contribution in [3.05, 3.63) is 37.1 Å². The smallest absolute Gasteiger partial charge is 0.335 e. The van der Waals surface area contributed by atoms with E-state index in [4.69, 9.17) is 16.7 Å². The van der Waals surface area contributed by atoms with Crippen LogP contribution < -0.4 is 0 Å². The van der Waals surface area contributed by atoms with E-state index >= 15 is 0 Å². The van der Waals surface area contributed by atoms with Crippen LogP contribution in [0.3, 0.4) is 0 Å². The lowest BCUT2D eigenvalue weighted by Crippen LogP contribution is -1.95. The van der Waals surface area contributed by atoms with Crippen LogP contribution in [0.1, 0.15) is 0 Å². The molecule has 0 heterocycles. The van der Waals surface area contributed by atoms with E-state index in [1.165, 1.54) is 5.54 Å². The number of hydrogen-bond acceptors (Lipinski definition) is 3. The van der Waals surface area contributed by atoms with Gasteiger partial charge >= 0.3 is 11.9 Å². The normalized spacial score (nSPS) is 8.08. The Hall–Kier alpha value is -1.55. The molecule has 0 unspecified atom stereocenters. The first-order valence-corrected chi connectivity index (χ1v) is 3.45. The summed E-state index contributed by atoms with van der Waals surface area (Å²) in [6.45, 7) is 6.23. The van der Waals surface area contributed by atoms with Gasteiger partial charge in [0.2, 0.25) is 0 Å². The molecular formula is C8H9ClO4. The van der Waals surface area contributed by atoms with Crippen LogP contribution in [-0.2, 0) is 14.3 Å². The Balaban J connectivity index is 0. The molecule has 5 heteroatoms. The maximum atomic E-state index is 10.3. The quantitative estimate of drug-likeness (QED) is 0.432. The number of carbonyl (C=O) groups excluding carboxylic acids is 1. The minimum absolute atomic E-state index is 0.686. The van der Waals surface area contributed by atoms with Gasteiger partial charge in [-0.3, -0.25) is 0 Å². The van der Waals surface area contributed by atoms with Gasteiger partial charge in [0.15, 0.2) is 0 Å². The largest absolute Gasteiger partial charge is 0.478 e. The second kappa shape index (κ2) is 10.4. The van der Waals surface area contributed by atoms with Crippen LogP contribution in [-0.4, -0.2) is 17.0 Å². The number of carbonyl (C=O) groups is 2. The Morgan fingerprint density at radius 2 is 1.77 bits per heavy atom. The zero-order valence-corrected chi connectivity index (χ0v) is 7.53. The zero-order chi connectivity index (χ0) is 10.7. The van der Waals surface area contributed by atoms with Crippen molar-refractivity contribution in [1.82, 2.24) is 0 Å². The minimum Gasteiger partial charge on any atom is -0.478 e. The highest BCUT2D eigenvalue weighted by Crippen LogP contribution is 1.80. The highest BCUT2D eigenvalue weighted by Gasteiger charge is 1.93. The van der Waals surface area contributed by atoms with Gasteiger partial charge in [0.1, 0.15) is 0 Å². The lowest BCUT2D eigenvalue weighted by molar-refractivity contribution is -0.134. The van der Waals surface area contributed by atoms with E-state index in [2.05, 4.69) is 17.9 Å². The molecule has 4 nitrogen and oxygen atoms in total. The summed E-state index contributed by atoms with van der Waals surface area (Å²) in [6.07, 6.45) is 2.41. The monoisotopic (exact) mass is 204 g/mol. The minimum atomic E-state index is -1.19. The van der Waals surface area contributed by atoms with E-state index < -0.39 is 11.9 Å². The molecule has 0 radical (unpaired) electrons. The number of ether oxygens (including phenoxy) is 1. The molecule has 0 amide bonds. The second-order valence-electron chi connectivity index (χ2n) is 1.43. The van der Waals surface area contributed by atoms with E-state index in [0.717, 1.165) is 12.3 Å². The van der Waals surface area contributed by atoms with E-state index in [1.54, 1.807) is 0 Å². The third kappa shape index (κ3) is 17.9. The van der Waals surface area contributed by atoms with Crippen molar-refractivity contribution in [2.75, 3.05) is 0 Å². The summed E-state index contributed by atoms with van der Waals surface area (Å²) in [5.41, 5.74) is 1.22. The van der Waals surface area contributed by atoms with Gasteiger partial charge in [-0.1, -0.05) is 24.8 Å².